The Morgan fingerprint density at radius 1 is 1.21 bits per heavy atom. The summed E-state index contributed by atoms with van der Waals surface area (Å²) in [5, 5.41) is 9.54. The van der Waals surface area contributed by atoms with Crippen molar-refractivity contribution < 1.29 is 0 Å². The van der Waals surface area contributed by atoms with Gasteiger partial charge in [-0.1, -0.05) is 23.4 Å². The van der Waals surface area contributed by atoms with E-state index in [2.05, 4.69) is 33.4 Å². The number of hydrogen-bond acceptors (Lipinski definition) is 5. The summed E-state index contributed by atoms with van der Waals surface area (Å²) in [6.45, 7) is 5.06. The first kappa shape index (κ1) is 18.5. The van der Waals surface area contributed by atoms with Crippen LogP contribution in [0.15, 0.2) is 35.3 Å². The highest BCUT2D eigenvalue weighted by atomic mass is 16.1. The lowest BCUT2D eigenvalue weighted by atomic mass is 9.95. The molecule has 0 spiro atoms. The Morgan fingerprint density at radius 2 is 2.14 bits per heavy atom. The van der Waals surface area contributed by atoms with Gasteiger partial charge in [0.05, 0.1) is 11.2 Å². The number of hydrogen-bond donors (Lipinski definition) is 1. The number of aryl methyl sites for hydroxylation is 2. The molecule has 1 fully saturated rings. The molecular formula is C22H28N6O. The third-order valence-corrected chi connectivity index (χ3v) is 6.36. The first-order valence-electron chi connectivity index (χ1n) is 10.7. The molecule has 0 bridgehead atoms. The predicted molar refractivity (Wildman–Crippen MR) is 112 cm³/mol. The highest BCUT2D eigenvalue weighted by Gasteiger charge is 2.23. The molecule has 2 aliphatic rings. The third-order valence-electron chi connectivity index (χ3n) is 6.36. The van der Waals surface area contributed by atoms with Crippen LogP contribution in [-0.4, -0.2) is 37.6 Å². The molecule has 2 aliphatic heterocycles. The van der Waals surface area contributed by atoms with Gasteiger partial charge in [-0.2, -0.15) is 0 Å². The van der Waals surface area contributed by atoms with Crippen LogP contribution in [0.2, 0.25) is 0 Å². The molecule has 29 heavy (non-hydrogen) atoms. The normalized spacial score (nSPS) is 19.7. The van der Waals surface area contributed by atoms with E-state index in [1.54, 1.807) is 0 Å². The van der Waals surface area contributed by atoms with Gasteiger partial charge in [0.1, 0.15) is 0 Å². The average Bonchev–Trinajstić information content (AvgIpc) is 3.19. The molecule has 3 aromatic rings. The molecular weight excluding hydrogens is 364 g/mol. The van der Waals surface area contributed by atoms with Crippen LogP contribution in [0.25, 0.3) is 10.9 Å². The maximum Gasteiger partial charge on any atom is 0.251 e. The molecule has 7 nitrogen and oxygen atoms in total. The lowest BCUT2D eigenvalue weighted by Gasteiger charge is -2.33. The van der Waals surface area contributed by atoms with Crippen LogP contribution in [0.3, 0.4) is 0 Å². The number of para-hydroxylation sites is 1. The van der Waals surface area contributed by atoms with Crippen LogP contribution in [0.4, 0.5) is 0 Å². The smallest absolute Gasteiger partial charge is 0.251 e. The second-order valence-electron chi connectivity index (χ2n) is 8.46. The second kappa shape index (κ2) is 7.72. The fourth-order valence-electron chi connectivity index (χ4n) is 5.04. The van der Waals surface area contributed by atoms with Crippen molar-refractivity contribution in [3.05, 3.63) is 57.6 Å². The van der Waals surface area contributed by atoms with Crippen molar-refractivity contribution in [3.8, 4) is 0 Å². The van der Waals surface area contributed by atoms with Gasteiger partial charge in [0.25, 0.3) is 5.56 Å². The maximum atomic E-state index is 12.8. The predicted octanol–water partition coefficient (Wildman–Crippen LogP) is 1.91. The van der Waals surface area contributed by atoms with Gasteiger partial charge < -0.3 is 10.3 Å². The van der Waals surface area contributed by atoms with E-state index in [0.29, 0.717) is 12.5 Å². The molecule has 2 N–H and O–H groups in total. The molecule has 7 heteroatoms. The summed E-state index contributed by atoms with van der Waals surface area (Å²) in [6.07, 6.45) is 6.43. The van der Waals surface area contributed by atoms with Crippen molar-refractivity contribution in [2.24, 2.45) is 11.7 Å². The van der Waals surface area contributed by atoms with E-state index in [4.69, 9.17) is 5.73 Å². The summed E-state index contributed by atoms with van der Waals surface area (Å²) >= 11 is 0. The third kappa shape index (κ3) is 3.60. The topological polar surface area (TPSA) is 82.0 Å². The van der Waals surface area contributed by atoms with Gasteiger partial charge in [-0.3, -0.25) is 14.4 Å². The monoisotopic (exact) mass is 392 g/mol. The van der Waals surface area contributed by atoms with Crippen LogP contribution < -0.4 is 11.3 Å². The van der Waals surface area contributed by atoms with Crippen LogP contribution in [0.1, 0.15) is 36.1 Å². The Morgan fingerprint density at radius 3 is 3.00 bits per heavy atom. The zero-order valence-corrected chi connectivity index (χ0v) is 16.8. The largest absolute Gasteiger partial charge is 0.325 e. The van der Waals surface area contributed by atoms with E-state index in [0.717, 1.165) is 62.3 Å². The molecule has 5 rings (SSSR count). The van der Waals surface area contributed by atoms with Crippen molar-refractivity contribution >= 4 is 10.9 Å². The van der Waals surface area contributed by atoms with Gasteiger partial charge in [0.2, 0.25) is 0 Å². The number of nitrogens with zero attached hydrogens (tertiary/aromatic N) is 5. The summed E-state index contributed by atoms with van der Waals surface area (Å²) in [4.78, 5) is 15.3. The first-order valence-corrected chi connectivity index (χ1v) is 10.7. The number of aromatic nitrogens is 4. The molecule has 0 aliphatic carbocycles. The molecule has 0 amide bonds. The van der Waals surface area contributed by atoms with E-state index in [1.807, 2.05) is 21.5 Å². The van der Waals surface area contributed by atoms with Crippen LogP contribution in [-0.2, 0) is 32.6 Å². The molecule has 0 unspecified atom stereocenters. The number of piperidine rings is 1. The van der Waals surface area contributed by atoms with Crippen molar-refractivity contribution in [3.63, 3.8) is 0 Å². The van der Waals surface area contributed by atoms with E-state index in [-0.39, 0.29) is 5.56 Å². The lowest BCUT2D eigenvalue weighted by Crippen LogP contribution is -2.37. The SMILES string of the molecule is NCc1cn(C[C@@H]2CCCN(Cc3cc(=O)n4c5c(cccc35)CCC4)C2)nn1. The standard InChI is InChI=1S/C22H28N6O/c23-11-19-15-27(25-24-19)13-16-4-2-8-26(12-16)14-18-10-21(29)28-9-3-6-17-5-1-7-20(18)22(17)28/h1,5,7,10,15-16H,2-4,6,8-9,11-14,23H2/t16-/m1/s1. The van der Waals surface area contributed by atoms with Gasteiger partial charge in [-0.15, -0.1) is 5.10 Å². The van der Waals surface area contributed by atoms with Gasteiger partial charge in [-0.05, 0) is 49.3 Å². The average molecular weight is 393 g/mol. The Hall–Kier alpha value is -2.51. The molecule has 1 atom stereocenters. The summed E-state index contributed by atoms with van der Waals surface area (Å²) in [5.41, 5.74) is 10.3. The van der Waals surface area contributed by atoms with Gasteiger partial charge in [-0.25, -0.2) is 0 Å². The lowest BCUT2D eigenvalue weighted by molar-refractivity contribution is 0.153. The molecule has 4 heterocycles. The molecule has 2 aromatic heterocycles. The number of benzene rings is 1. The van der Waals surface area contributed by atoms with Crippen LogP contribution >= 0.6 is 0 Å². The van der Waals surface area contributed by atoms with Crippen LogP contribution in [0.5, 0.6) is 0 Å². The number of nitrogens with two attached hydrogens (primary N) is 1. The molecule has 1 saturated heterocycles. The Balaban J connectivity index is 1.37. The summed E-state index contributed by atoms with van der Waals surface area (Å²) in [6, 6.07) is 8.36. The molecule has 0 saturated carbocycles. The molecule has 152 valence electrons. The minimum atomic E-state index is 0.144. The van der Waals surface area contributed by atoms with Gasteiger partial charge in [0, 0.05) is 50.4 Å². The Labute approximate surface area is 170 Å². The summed E-state index contributed by atoms with van der Waals surface area (Å²) in [5.74, 6) is 0.539. The van der Waals surface area contributed by atoms with E-state index >= 15 is 0 Å². The van der Waals surface area contributed by atoms with E-state index in [9.17, 15) is 4.79 Å². The number of rotatable bonds is 5. The fourth-order valence-corrected chi connectivity index (χ4v) is 5.04. The van der Waals surface area contributed by atoms with Crippen molar-refractivity contribution in [2.75, 3.05) is 13.1 Å². The summed E-state index contributed by atoms with van der Waals surface area (Å²) < 4.78 is 3.89. The minimum Gasteiger partial charge on any atom is -0.325 e. The van der Waals surface area contributed by atoms with E-state index in [1.165, 1.54) is 23.8 Å². The second-order valence-corrected chi connectivity index (χ2v) is 8.46. The number of likely N-dealkylation sites (tertiary alicyclic amines) is 1. The van der Waals surface area contributed by atoms with Crippen LogP contribution in [0, 0.1) is 5.92 Å². The Bertz CT molecular complexity index is 1080. The first-order chi connectivity index (χ1) is 14.2. The molecule has 1 aromatic carbocycles. The fraction of sp³-hybridized carbons (Fsp3) is 0.500. The Kier molecular flexibility index (Phi) is 4.93. The van der Waals surface area contributed by atoms with E-state index < -0.39 is 0 Å². The minimum absolute atomic E-state index is 0.144. The summed E-state index contributed by atoms with van der Waals surface area (Å²) in [7, 11) is 0. The van der Waals surface area contributed by atoms with Crippen molar-refractivity contribution in [1.82, 2.24) is 24.5 Å². The van der Waals surface area contributed by atoms with Gasteiger partial charge in [0.15, 0.2) is 0 Å². The maximum absolute atomic E-state index is 12.8. The van der Waals surface area contributed by atoms with Gasteiger partial charge >= 0.3 is 0 Å². The highest BCUT2D eigenvalue weighted by Crippen LogP contribution is 2.28. The number of pyridine rings is 1. The quantitative estimate of drug-likeness (QED) is 0.717. The molecule has 0 radical (unpaired) electrons. The zero-order valence-electron chi connectivity index (χ0n) is 16.8. The van der Waals surface area contributed by atoms with Crippen molar-refractivity contribution in [2.45, 2.75) is 51.9 Å². The van der Waals surface area contributed by atoms with Crippen molar-refractivity contribution in [1.29, 1.82) is 0 Å². The highest BCUT2D eigenvalue weighted by molar-refractivity contribution is 5.86. The zero-order chi connectivity index (χ0) is 19.8.